The molecule has 0 aliphatic carbocycles. The number of allylic oxidation sites excluding steroid dienone is 1. The van der Waals surface area contributed by atoms with Gasteiger partial charge in [-0.2, -0.15) is 0 Å². The summed E-state index contributed by atoms with van der Waals surface area (Å²) in [5.41, 5.74) is 1.20. The summed E-state index contributed by atoms with van der Waals surface area (Å²) < 4.78 is 5.57. The fraction of sp³-hybridized carbons (Fsp3) is 0.353. The second-order valence-corrected chi connectivity index (χ2v) is 6.00. The average Bonchev–Trinajstić information content (AvgIpc) is 2.71. The standard InChI is InChI=1S/C17H18N2O4/c1-9(2)23-11-5-6-12-13(8-11)17(22)19(16(12)21)14-7-4-10(3)18-15(14)20/h5-6,8-9,14H,3-4,7H2,1-2H3,(H,18,20). The number of piperidine rings is 1. The van der Waals surface area contributed by atoms with E-state index in [9.17, 15) is 14.4 Å². The Hall–Kier alpha value is -2.63. The minimum atomic E-state index is -0.789. The molecule has 0 bridgehead atoms. The van der Waals surface area contributed by atoms with Crippen molar-refractivity contribution in [1.82, 2.24) is 10.2 Å². The van der Waals surface area contributed by atoms with E-state index in [0.29, 0.717) is 29.9 Å². The summed E-state index contributed by atoms with van der Waals surface area (Å²) in [7, 11) is 0. The van der Waals surface area contributed by atoms with E-state index in [1.807, 2.05) is 13.8 Å². The average molecular weight is 314 g/mol. The molecule has 6 nitrogen and oxygen atoms in total. The van der Waals surface area contributed by atoms with E-state index < -0.39 is 17.9 Å². The van der Waals surface area contributed by atoms with Crippen LogP contribution in [0, 0.1) is 0 Å². The highest BCUT2D eigenvalue weighted by atomic mass is 16.5. The number of imide groups is 1. The van der Waals surface area contributed by atoms with Gasteiger partial charge in [-0.25, -0.2) is 0 Å². The SMILES string of the molecule is C=C1CCC(N2C(=O)c3ccc(OC(C)C)cc3C2=O)C(=O)N1. The minimum Gasteiger partial charge on any atom is -0.491 e. The van der Waals surface area contributed by atoms with Crippen molar-refractivity contribution in [3.05, 3.63) is 41.6 Å². The van der Waals surface area contributed by atoms with Gasteiger partial charge in [-0.05, 0) is 44.9 Å². The number of hydrogen-bond donors (Lipinski definition) is 1. The highest BCUT2D eigenvalue weighted by Crippen LogP contribution is 2.31. The third-order valence-electron chi connectivity index (χ3n) is 3.90. The minimum absolute atomic E-state index is 0.0357. The second kappa shape index (κ2) is 5.53. The molecule has 1 fully saturated rings. The largest absolute Gasteiger partial charge is 0.491 e. The molecule has 2 aliphatic rings. The van der Waals surface area contributed by atoms with Gasteiger partial charge in [0.2, 0.25) is 5.91 Å². The Kier molecular flexibility index (Phi) is 3.67. The molecule has 1 atom stereocenters. The van der Waals surface area contributed by atoms with Gasteiger partial charge in [-0.3, -0.25) is 19.3 Å². The molecular formula is C17H18N2O4. The van der Waals surface area contributed by atoms with Crippen LogP contribution in [0.25, 0.3) is 0 Å². The van der Waals surface area contributed by atoms with Crippen LogP contribution < -0.4 is 10.1 Å². The van der Waals surface area contributed by atoms with Crippen molar-refractivity contribution in [1.29, 1.82) is 0 Å². The summed E-state index contributed by atoms with van der Waals surface area (Å²) in [6, 6.07) is 4.01. The van der Waals surface area contributed by atoms with Crippen LogP contribution in [0.1, 0.15) is 47.4 Å². The molecule has 120 valence electrons. The second-order valence-electron chi connectivity index (χ2n) is 6.00. The first-order valence-corrected chi connectivity index (χ1v) is 7.55. The highest BCUT2D eigenvalue weighted by Gasteiger charge is 2.44. The van der Waals surface area contributed by atoms with Crippen molar-refractivity contribution in [2.24, 2.45) is 0 Å². The lowest BCUT2D eigenvalue weighted by molar-refractivity contribution is -0.125. The van der Waals surface area contributed by atoms with Crippen molar-refractivity contribution in [3.8, 4) is 5.75 Å². The van der Waals surface area contributed by atoms with Gasteiger partial charge >= 0.3 is 0 Å². The molecule has 1 N–H and O–H groups in total. The van der Waals surface area contributed by atoms with E-state index in [1.165, 1.54) is 0 Å². The number of ether oxygens (including phenoxy) is 1. The monoisotopic (exact) mass is 314 g/mol. The van der Waals surface area contributed by atoms with Crippen LogP contribution in [0.5, 0.6) is 5.75 Å². The Balaban J connectivity index is 1.91. The third kappa shape index (κ3) is 2.60. The predicted octanol–water partition coefficient (Wildman–Crippen LogP) is 1.86. The molecule has 1 aromatic rings. The Morgan fingerprint density at radius 3 is 2.57 bits per heavy atom. The fourth-order valence-corrected chi connectivity index (χ4v) is 2.88. The molecule has 0 aromatic heterocycles. The summed E-state index contributed by atoms with van der Waals surface area (Å²) in [4.78, 5) is 38.3. The molecule has 1 aromatic carbocycles. The summed E-state index contributed by atoms with van der Waals surface area (Å²) >= 11 is 0. The zero-order valence-electron chi connectivity index (χ0n) is 13.1. The normalized spacial score (nSPS) is 20.8. The van der Waals surface area contributed by atoms with Crippen molar-refractivity contribution < 1.29 is 19.1 Å². The van der Waals surface area contributed by atoms with Gasteiger partial charge in [-0.15, -0.1) is 0 Å². The number of nitrogens with zero attached hydrogens (tertiary/aromatic N) is 1. The topological polar surface area (TPSA) is 75.7 Å². The van der Waals surface area contributed by atoms with Crippen LogP contribution in [0.2, 0.25) is 0 Å². The van der Waals surface area contributed by atoms with Crippen LogP contribution in [0.15, 0.2) is 30.5 Å². The quantitative estimate of drug-likeness (QED) is 0.864. The lowest BCUT2D eigenvalue weighted by Crippen LogP contribution is -2.51. The number of rotatable bonds is 3. The van der Waals surface area contributed by atoms with E-state index in [2.05, 4.69) is 11.9 Å². The Bertz CT molecular complexity index is 723. The van der Waals surface area contributed by atoms with Crippen molar-refractivity contribution in [3.63, 3.8) is 0 Å². The first kappa shape index (κ1) is 15.3. The number of carbonyl (C=O) groups excluding carboxylic acids is 3. The molecule has 3 amide bonds. The summed E-state index contributed by atoms with van der Waals surface area (Å²) in [6.45, 7) is 7.47. The third-order valence-corrected chi connectivity index (χ3v) is 3.90. The molecule has 23 heavy (non-hydrogen) atoms. The zero-order chi connectivity index (χ0) is 16.7. The Labute approximate surface area is 134 Å². The zero-order valence-corrected chi connectivity index (χ0v) is 13.1. The van der Waals surface area contributed by atoms with Gasteiger partial charge in [0.25, 0.3) is 11.8 Å². The first-order valence-electron chi connectivity index (χ1n) is 7.55. The lowest BCUT2D eigenvalue weighted by Gasteiger charge is -2.29. The van der Waals surface area contributed by atoms with Crippen LogP contribution in [-0.4, -0.2) is 34.8 Å². The predicted molar refractivity (Wildman–Crippen MR) is 83.0 cm³/mol. The maximum atomic E-state index is 12.6. The number of amides is 3. The van der Waals surface area contributed by atoms with E-state index in [-0.39, 0.29) is 17.6 Å². The summed E-state index contributed by atoms with van der Waals surface area (Å²) in [6.07, 6.45) is 0.906. The molecule has 1 saturated heterocycles. The molecule has 0 radical (unpaired) electrons. The number of benzene rings is 1. The highest BCUT2D eigenvalue weighted by molar-refractivity contribution is 6.23. The Morgan fingerprint density at radius 1 is 1.22 bits per heavy atom. The molecule has 2 aliphatic heterocycles. The fourth-order valence-electron chi connectivity index (χ4n) is 2.88. The molecule has 1 unspecified atom stereocenters. The van der Waals surface area contributed by atoms with E-state index >= 15 is 0 Å². The van der Waals surface area contributed by atoms with Crippen molar-refractivity contribution >= 4 is 17.7 Å². The lowest BCUT2D eigenvalue weighted by atomic mass is 10.0. The summed E-state index contributed by atoms with van der Waals surface area (Å²) in [5, 5.41) is 2.61. The Morgan fingerprint density at radius 2 is 1.91 bits per heavy atom. The van der Waals surface area contributed by atoms with E-state index in [0.717, 1.165) is 4.90 Å². The smallest absolute Gasteiger partial charge is 0.262 e. The van der Waals surface area contributed by atoms with Gasteiger partial charge < -0.3 is 10.1 Å². The van der Waals surface area contributed by atoms with Crippen molar-refractivity contribution in [2.45, 2.75) is 38.8 Å². The molecule has 0 spiro atoms. The number of hydrogen-bond acceptors (Lipinski definition) is 4. The van der Waals surface area contributed by atoms with E-state index in [1.54, 1.807) is 18.2 Å². The molecule has 0 saturated carbocycles. The van der Waals surface area contributed by atoms with Gasteiger partial charge in [0.1, 0.15) is 11.8 Å². The first-order chi connectivity index (χ1) is 10.9. The number of nitrogens with one attached hydrogen (secondary N) is 1. The maximum absolute atomic E-state index is 12.6. The summed E-state index contributed by atoms with van der Waals surface area (Å²) in [5.74, 6) is -0.724. The van der Waals surface area contributed by atoms with Gasteiger partial charge in [0.05, 0.1) is 17.2 Å². The van der Waals surface area contributed by atoms with Crippen LogP contribution >= 0.6 is 0 Å². The maximum Gasteiger partial charge on any atom is 0.262 e. The van der Waals surface area contributed by atoms with Crippen LogP contribution in [-0.2, 0) is 4.79 Å². The molecule has 2 heterocycles. The molecular weight excluding hydrogens is 296 g/mol. The number of fused-ring (bicyclic) bond motifs is 1. The van der Waals surface area contributed by atoms with Gasteiger partial charge in [-0.1, -0.05) is 6.58 Å². The molecule has 3 rings (SSSR count). The van der Waals surface area contributed by atoms with Crippen LogP contribution in [0.4, 0.5) is 0 Å². The van der Waals surface area contributed by atoms with Gasteiger partial charge in [0.15, 0.2) is 0 Å². The van der Waals surface area contributed by atoms with Crippen LogP contribution in [0.3, 0.4) is 0 Å². The number of carbonyl (C=O) groups is 3. The van der Waals surface area contributed by atoms with E-state index in [4.69, 9.17) is 4.74 Å². The van der Waals surface area contributed by atoms with Gasteiger partial charge in [0, 0.05) is 5.70 Å². The molecule has 6 heteroatoms. The van der Waals surface area contributed by atoms with Crippen molar-refractivity contribution in [2.75, 3.05) is 0 Å².